The van der Waals surface area contributed by atoms with E-state index >= 15 is 0 Å². The van der Waals surface area contributed by atoms with Crippen LogP contribution in [-0.4, -0.2) is 43.0 Å². The Balaban J connectivity index is 1.95. The van der Waals surface area contributed by atoms with Gasteiger partial charge in [0.2, 0.25) is 0 Å². The zero-order chi connectivity index (χ0) is 10.9. The maximum Gasteiger partial charge on any atom is 0.0303 e. The summed E-state index contributed by atoms with van der Waals surface area (Å²) in [4.78, 5) is 4.92. The summed E-state index contributed by atoms with van der Waals surface area (Å²) in [6, 6.07) is 0. The molecule has 86 valence electrons. The molecule has 1 aliphatic carbocycles. The quantitative estimate of drug-likeness (QED) is 0.687. The first kappa shape index (κ1) is 11.0. The number of hydrogen-bond donors (Lipinski definition) is 0. The summed E-state index contributed by atoms with van der Waals surface area (Å²) in [7, 11) is 2.21. The fourth-order valence-corrected chi connectivity index (χ4v) is 2.90. The number of piperazine rings is 1. The van der Waals surface area contributed by atoms with Crippen molar-refractivity contribution in [3.63, 3.8) is 0 Å². The van der Waals surface area contributed by atoms with Gasteiger partial charge >= 0.3 is 0 Å². The van der Waals surface area contributed by atoms with Gasteiger partial charge in [-0.2, -0.15) is 0 Å². The molecule has 1 saturated carbocycles. The predicted octanol–water partition coefficient (Wildman–Crippen LogP) is 2.33. The average molecular weight is 208 g/mol. The number of rotatable bonds is 2. The van der Waals surface area contributed by atoms with Crippen molar-refractivity contribution in [2.45, 2.75) is 32.6 Å². The fraction of sp³-hybridized carbons (Fsp3) is 0.846. The minimum atomic E-state index is 0.413. The molecule has 1 aliphatic heterocycles. The molecule has 0 unspecified atom stereocenters. The third-order valence-electron chi connectivity index (χ3n) is 4.29. The Bertz CT molecular complexity index is 233. The molecule has 0 atom stereocenters. The van der Waals surface area contributed by atoms with Crippen LogP contribution in [-0.2, 0) is 0 Å². The van der Waals surface area contributed by atoms with Crippen molar-refractivity contribution < 1.29 is 0 Å². The van der Waals surface area contributed by atoms with Crippen molar-refractivity contribution in [2.24, 2.45) is 5.41 Å². The Morgan fingerprint density at radius 1 is 1.07 bits per heavy atom. The van der Waals surface area contributed by atoms with Crippen molar-refractivity contribution in [3.8, 4) is 0 Å². The van der Waals surface area contributed by atoms with Gasteiger partial charge < -0.3 is 9.80 Å². The van der Waals surface area contributed by atoms with E-state index in [1.807, 2.05) is 0 Å². The highest BCUT2D eigenvalue weighted by molar-refractivity contribution is 5.10. The van der Waals surface area contributed by atoms with E-state index in [2.05, 4.69) is 30.4 Å². The second kappa shape index (κ2) is 4.17. The summed E-state index contributed by atoms with van der Waals surface area (Å²) in [6.45, 7) is 11.5. The largest absolute Gasteiger partial charge is 0.372 e. The van der Waals surface area contributed by atoms with Gasteiger partial charge in [0, 0.05) is 37.3 Å². The molecule has 0 aromatic rings. The standard InChI is InChI=1S/C13H24N2/c1-12(13(2)6-4-5-7-13)15-10-8-14(3)9-11-15/h1,4-11H2,2-3H3. The van der Waals surface area contributed by atoms with E-state index in [1.165, 1.54) is 57.6 Å². The maximum absolute atomic E-state index is 4.36. The third kappa shape index (κ3) is 2.20. The molecule has 0 radical (unpaired) electrons. The average Bonchev–Trinajstić information content (AvgIpc) is 2.67. The summed E-state index contributed by atoms with van der Waals surface area (Å²) in [6.07, 6.45) is 5.48. The number of hydrogen-bond acceptors (Lipinski definition) is 2. The van der Waals surface area contributed by atoms with Crippen molar-refractivity contribution in [1.82, 2.24) is 9.80 Å². The van der Waals surface area contributed by atoms with E-state index in [9.17, 15) is 0 Å². The molecular formula is C13H24N2. The summed E-state index contributed by atoms with van der Waals surface area (Å²) in [5.74, 6) is 0. The minimum absolute atomic E-state index is 0.413. The van der Waals surface area contributed by atoms with Gasteiger partial charge in [-0.05, 0) is 19.9 Å². The second-order valence-corrected chi connectivity index (χ2v) is 5.50. The molecule has 1 heterocycles. The van der Waals surface area contributed by atoms with Crippen LogP contribution < -0.4 is 0 Å². The van der Waals surface area contributed by atoms with Crippen LogP contribution in [0.5, 0.6) is 0 Å². The van der Waals surface area contributed by atoms with Crippen LogP contribution in [0.25, 0.3) is 0 Å². The molecule has 0 N–H and O–H groups in total. The van der Waals surface area contributed by atoms with E-state index in [0.717, 1.165) is 0 Å². The van der Waals surface area contributed by atoms with Gasteiger partial charge in [0.1, 0.15) is 0 Å². The van der Waals surface area contributed by atoms with E-state index in [-0.39, 0.29) is 0 Å². The van der Waals surface area contributed by atoms with Crippen molar-refractivity contribution in [2.75, 3.05) is 33.2 Å². The van der Waals surface area contributed by atoms with Crippen LogP contribution in [0.4, 0.5) is 0 Å². The van der Waals surface area contributed by atoms with Crippen LogP contribution in [0.3, 0.4) is 0 Å². The Hall–Kier alpha value is -0.500. The van der Waals surface area contributed by atoms with Gasteiger partial charge in [0.05, 0.1) is 0 Å². The van der Waals surface area contributed by atoms with Crippen LogP contribution in [0, 0.1) is 5.41 Å². The number of nitrogens with zero attached hydrogens (tertiary/aromatic N) is 2. The molecule has 0 aromatic carbocycles. The second-order valence-electron chi connectivity index (χ2n) is 5.50. The van der Waals surface area contributed by atoms with Crippen LogP contribution in [0.1, 0.15) is 32.6 Å². The molecular weight excluding hydrogens is 184 g/mol. The van der Waals surface area contributed by atoms with E-state index < -0.39 is 0 Å². The lowest BCUT2D eigenvalue weighted by molar-refractivity contribution is 0.154. The van der Waals surface area contributed by atoms with E-state index in [1.54, 1.807) is 0 Å². The topological polar surface area (TPSA) is 6.48 Å². The first-order chi connectivity index (χ1) is 7.12. The molecule has 2 rings (SSSR count). The zero-order valence-electron chi connectivity index (χ0n) is 10.3. The summed E-state index contributed by atoms with van der Waals surface area (Å²) in [5, 5.41) is 0. The maximum atomic E-state index is 4.36. The Kier molecular flexibility index (Phi) is 3.06. The third-order valence-corrected chi connectivity index (χ3v) is 4.29. The van der Waals surface area contributed by atoms with Crippen LogP contribution >= 0.6 is 0 Å². The fourth-order valence-electron chi connectivity index (χ4n) is 2.90. The normalized spacial score (nSPS) is 26.9. The highest BCUT2D eigenvalue weighted by Gasteiger charge is 2.34. The lowest BCUT2D eigenvalue weighted by atomic mass is 9.84. The SMILES string of the molecule is C=C(N1CCN(C)CC1)C1(C)CCCC1. The number of likely N-dealkylation sites (N-methyl/N-ethyl adjacent to an activating group) is 1. The Morgan fingerprint density at radius 2 is 1.60 bits per heavy atom. The zero-order valence-corrected chi connectivity index (χ0v) is 10.3. The van der Waals surface area contributed by atoms with E-state index in [0.29, 0.717) is 5.41 Å². The number of allylic oxidation sites excluding steroid dienone is 1. The smallest absolute Gasteiger partial charge is 0.0303 e. The molecule has 0 amide bonds. The molecule has 0 spiro atoms. The van der Waals surface area contributed by atoms with Gasteiger partial charge in [0.25, 0.3) is 0 Å². The first-order valence-corrected chi connectivity index (χ1v) is 6.25. The molecule has 2 aliphatic rings. The highest BCUT2D eigenvalue weighted by atomic mass is 15.3. The van der Waals surface area contributed by atoms with E-state index in [4.69, 9.17) is 0 Å². The molecule has 2 heteroatoms. The molecule has 0 bridgehead atoms. The Morgan fingerprint density at radius 3 is 2.13 bits per heavy atom. The highest BCUT2D eigenvalue weighted by Crippen LogP contribution is 2.44. The predicted molar refractivity (Wildman–Crippen MR) is 64.8 cm³/mol. The van der Waals surface area contributed by atoms with Gasteiger partial charge in [-0.15, -0.1) is 0 Å². The van der Waals surface area contributed by atoms with Gasteiger partial charge in [-0.25, -0.2) is 0 Å². The Labute approximate surface area is 93.9 Å². The lowest BCUT2D eigenvalue weighted by Gasteiger charge is -2.41. The van der Waals surface area contributed by atoms with Gasteiger partial charge in [-0.3, -0.25) is 0 Å². The lowest BCUT2D eigenvalue weighted by Crippen LogP contribution is -2.46. The summed E-state index contributed by atoms with van der Waals surface area (Å²) in [5.41, 5.74) is 1.82. The van der Waals surface area contributed by atoms with Gasteiger partial charge in [-0.1, -0.05) is 26.3 Å². The summed E-state index contributed by atoms with van der Waals surface area (Å²) >= 11 is 0. The van der Waals surface area contributed by atoms with Crippen molar-refractivity contribution in [3.05, 3.63) is 12.3 Å². The molecule has 15 heavy (non-hydrogen) atoms. The molecule has 1 saturated heterocycles. The molecule has 0 aromatic heterocycles. The van der Waals surface area contributed by atoms with Crippen molar-refractivity contribution >= 4 is 0 Å². The van der Waals surface area contributed by atoms with Crippen LogP contribution in [0.2, 0.25) is 0 Å². The monoisotopic (exact) mass is 208 g/mol. The van der Waals surface area contributed by atoms with Gasteiger partial charge in [0.15, 0.2) is 0 Å². The minimum Gasteiger partial charge on any atom is -0.372 e. The molecule has 2 nitrogen and oxygen atoms in total. The first-order valence-electron chi connectivity index (χ1n) is 6.25. The van der Waals surface area contributed by atoms with Crippen molar-refractivity contribution in [1.29, 1.82) is 0 Å². The molecule has 2 fully saturated rings. The van der Waals surface area contributed by atoms with Crippen LogP contribution in [0.15, 0.2) is 12.3 Å². The summed E-state index contributed by atoms with van der Waals surface area (Å²) < 4.78 is 0.